The van der Waals surface area contributed by atoms with Crippen LogP contribution >= 0.6 is 0 Å². The van der Waals surface area contributed by atoms with Gasteiger partial charge in [0.15, 0.2) is 0 Å². The van der Waals surface area contributed by atoms with Crippen molar-refractivity contribution in [1.82, 2.24) is 5.32 Å². The second kappa shape index (κ2) is 7.04. The van der Waals surface area contributed by atoms with Gasteiger partial charge in [0.1, 0.15) is 0 Å². The minimum absolute atomic E-state index is 0.556. The van der Waals surface area contributed by atoms with E-state index in [1.165, 1.54) is 11.4 Å². The van der Waals surface area contributed by atoms with Crippen LogP contribution in [0.1, 0.15) is 38.7 Å². The minimum atomic E-state index is 0.556. The molecule has 1 N–H and O–H groups in total. The summed E-state index contributed by atoms with van der Waals surface area (Å²) in [4.78, 5) is 4.41. The van der Waals surface area contributed by atoms with Gasteiger partial charge in [-0.25, -0.2) is 0 Å². The van der Waals surface area contributed by atoms with E-state index in [9.17, 15) is 0 Å². The van der Waals surface area contributed by atoms with Crippen molar-refractivity contribution in [3.05, 3.63) is 35.9 Å². The molecule has 2 heteroatoms. The highest BCUT2D eigenvalue weighted by Gasteiger charge is 2.11. The van der Waals surface area contributed by atoms with E-state index in [4.69, 9.17) is 0 Å². The molecule has 88 valence electrons. The Bertz CT molecular complexity index is 317. The zero-order valence-corrected chi connectivity index (χ0v) is 10.5. The molecule has 0 spiro atoms. The summed E-state index contributed by atoms with van der Waals surface area (Å²) >= 11 is 0. The predicted molar refractivity (Wildman–Crippen MR) is 71.1 cm³/mol. The molecule has 0 bridgehead atoms. The Balaban J connectivity index is 0.000000606. The van der Waals surface area contributed by atoms with E-state index in [-0.39, 0.29) is 0 Å². The van der Waals surface area contributed by atoms with Gasteiger partial charge >= 0.3 is 0 Å². The van der Waals surface area contributed by atoms with Crippen molar-refractivity contribution in [1.29, 1.82) is 0 Å². The van der Waals surface area contributed by atoms with Gasteiger partial charge < -0.3 is 5.32 Å². The first kappa shape index (κ1) is 12.8. The van der Waals surface area contributed by atoms with Crippen LogP contribution in [0.5, 0.6) is 0 Å². The molecule has 0 amide bonds. The van der Waals surface area contributed by atoms with E-state index >= 15 is 0 Å². The molecule has 16 heavy (non-hydrogen) atoms. The monoisotopic (exact) mass is 218 g/mol. The third-order valence-electron chi connectivity index (χ3n) is 2.61. The number of aliphatic imine (C=N–C) groups is 1. The average Bonchev–Trinajstić information content (AvgIpc) is 2.86. The first-order chi connectivity index (χ1) is 7.86. The fraction of sp³-hybridized carbons (Fsp3) is 0.500. The van der Waals surface area contributed by atoms with Crippen LogP contribution in [0.25, 0.3) is 0 Å². The molecule has 1 aliphatic heterocycles. The van der Waals surface area contributed by atoms with E-state index in [0.717, 1.165) is 19.5 Å². The molecule has 0 radical (unpaired) electrons. The smallest absolute Gasteiger partial charge is 0.0970 e. The van der Waals surface area contributed by atoms with Crippen LogP contribution in [0.4, 0.5) is 0 Å². The zero-order chi connectivity index (χ0) is 11.8. The molecule has 1 aromatic carbocycles. The summed E-state index contributed by atoms with van der Waals surface area (Å²) < 4.78 is 0. The summed E-state index contributed by atoms with van der Waals surface area (Å²) in [5.74, 6) is 1.72. The molecule has 0 unspecified atom stereocenters. The molecular formula is C14H22N2. The topological polar surface area (TPSA) is 24.4 Å². The van der Waals surface area contributed by atoms with Crippen LogP contribution in [0, 0.1) is 0 Å². The SMILES string of the molecule is CC.C[C@H](CC1=NCCN1)c1ccccc1. The van der Waals surface area contributed by atoms with Crippen molar-refractivity contribution in [3.8, 4) is 0 Å². The van der Waals surface area contributed by atoms with Crippen molar-refractivity contribution in [2.24, 2.45) is 4.99 Å². The van der Waals surface area contributed by atoms with Gasteiger partial charge in [-0.05, 0) is 11.5 Å². The minimum Gasteiger partial charge on any atom is -0.372 e. The van der Waals surface area contributed by atoms with Crippen molar-refractivity contribution >= 4 is 5.84 Å². The summed E-state index contributed by atoms with van der Waals surface area (Å²) in [6.07, 6.45) is 1.03. The highest BCUT2D eigenvalue weighted by Crippen LogP contribution is 2.18. The summed E-state index contributed by atoms with van der Waals surface area (Å²) in [5, 5.41) is 3.31. The van der Waals surface area contributed by atoms with E-state index in [1.54, 1.807) is 0 Å². The maximum absolute atomic E-state index is 4.41. The fourth-order valence-electron chi connectivity index (χ4n) is 1.77. The molecule has 0 fully saturated rings. The van der Waals surface area contributed by atoms with Crippen LogP contribution in [-0.2, 0) is 0 Å². The highest BCUT2D eigenvalue weighted by atomic mass is 15.1. The number of benzene rings is 1. The van der Waals surface area contributed by atoms with Gasteiger partial charge in [-0.1, -0.05) is 51.1 Å². The summed E-state index contributed by atoms with van der Waals surface area (Å²) in [7, 11) is 0. The number of rotatable bonds is 3. The van der Waals surface area contributed by atoms with Gasteiger partial charge in [0.25, 0.3) is 0 Å². The van der Waals surface area contributed by atoms with Gasteiger partial charge in [0.05, 0.1) is 12.4 Å². The second-order valence-corrected chi connectivity index (χ2v) is 3.77. The van der Waals surface area contributed by atoms with Crippen LogP contribution in [-0.4, -0.2) is 18.9 Å². The number of amidine groups is 1. The molecule has 2 nitrogen and oxygen atoms in total. The Morgan fingerprint density at radius 2 is 1.94 bits per heavy atom. The van der Waals surface area contributed by atoms with Crippen molar-refractivity contribution < 1.29 is 0 Å². The molecule has 0 saturated carbocycles. The Hall–Kier alpha value is -1.31. The normalized spacial score (nSPS) is 15.6. The summed E-state index contributed by atoms with van der Waals surface area (Å²) in [6.45, 7) is 8.20. The largest absolute Gasteiger partial charge is 0.372 e. The van der Waals surface area contributed by atoms with Crippen LogP contribution in [0.3, 0.4) is 0 Å². The van der Waals surface area contributed by atoms with Gasteiger partial charge in [-0.3, -0.25) is 4.99 Å². The van der Waals surface area contributed by atoms with Crippen molar-refractivity contribution in [2.45, 2.75) is 33.1 Å². The number of hydrogen-bond acceptors (Lipinski definition) is 2. The third kappa shape index (κ3) is 3.69. The maximum Gasteiger partial charge on any atom is 0.0970 e. The lowest BCUT2D eigenvalue weighted by atomic mass is 9.97. The Morgan fingerprint density at radius 1 is 1.25 bits per heavy atom. The van der Waals surface area contributed by atoms with Gasteiger partial charge in [-0.15, -0.1) is 0 Å². The number of nitrogens with zero attached hydrogens (tertiary/aromatic N) is 1. The Labute approximate surface area is 98.8 Å². The predicted octanol–water partition coefficient (Wildman–Crippen LogP) is 3.21. The lowest BCUT2D eigenvalue weighted by Crippen LogP contribution is -2.20. The van der Waals surface area contributed by atoms with Crippen LogP contribution in [0.15, 0.2) is 35.3 Å². The molecule has 1 atom stereocenters. The van der Waals surface area contributed by atoms with Gasteiger partial charge in [0.2, 0.25) is 0 Å². The van der Waals surface area contributed by atoms with Crippen LogP contribution < -0.4 is 5.32 Å². The first-order valence-electron chi connectivity index (χ1n) is 6.18. The molecule has 2 rings (SSSR count). The van der Waals surface area contributed by atoms with E-state index in [0.29, 0.717) is 5.92 Å². The van der Waals surface area contributed by atoms with Crippen molar-refractivity contribution in [2.75, 3.05) is 13.1 Å². The molecule has 0 aromatic heterocycles. The molecule has 1 aromatic rings. The quantitative estimate of drug-likeness (QED) is 0.827. The molecule has 1 aliphatic rings. The summed E-state index contributed by atoms with van der Waals surface area (Å²) in [6, 6.07) is 10.6. The summed E-state index contributed by atoms with van der Waals surface area (Å²) in [5.41, 5.74) is 1.39. The Kier molecular flexibility index (Phi) is 5.62. The van der Waals surface area contributed by atoms with E-state index < -0.39 is 0 Å². The zero-order valence-electron chi connectivity index (χ0n) is 10.5. The van der Waals surface area contributed by atoms with Crippen LogP contribution in [0.2, 0.25) is 0 Å². The molecule has 0 aliphatic carbocycles. The average molecular weight is 218 g/mol. The second-order valence-electron chi connectivity index (χ2n) is 3.77. The molecule has 0 saturated heterocycles. The standard InChI is InChI=1S/C12H16N2.C2H6/c1-10(9-12-13-7-8-14-12)11-5-3-2-4-6-11;1-2/h2-6,10H,7-9H2,1H3,(H,13,14);1-2H3/t10-;/m1./s1. The molecular weight excluding hydrogens is 196 g/mol. The highest BCUT2D eigenvalue weighted by molar-refractivity contribution is 5.84. The molecule has 1 heterocycles. The number of nitrogens with one attached hydrogen (secondary N) is 1. The van der Waals surface area contributed by atoms with E-state index in [1.807, 2.05) is 13.8 Å². The van der Waals surface area contributed by atoms with E-state index in [2.05, 4.69) is 47.6 Å². The lowest BCUT2D eigenvalue weighted by molar-refractivity contribution is 0.789. The maximum atomic E-state index is 4.41. The third-order valence-corrected chi connectivity index (χ3v) is 2.61. The fourth-order valence-corrected chi connectivity index (χ4v) is 1.77. The van der Waals surface area contributed by atoms with Crippen molar-refractivity contribution in [3.63, 3.8) is 0 Å². The Morgan fingerprint density at radius 3 is 2.50 bits per heavy atom. The first-order valence-corrected chi connectivity index (χ1v) is 6.18. The lowest BCUT2D eigenvalue weighted by Gasteiger charge is -2.11. The number of hydrogen-bond donors (Lipinski definition) is 1. The van der Waals surface area contributed by atoms with Gasteiger partial charge in [-0.2, -0.15) is 0 Å². The van der Waals surface area contributed by atoms with Gasteiger partial charge in [0, 0.05) is 13.0 Å².